The Morgan fingerprint density at radius 1 is 1.29 bits per heavy atom. The molecule has 3 rings (SSSR count). The van der Waals surface area contributed by atoms with Crippen LogP contribution in [0.15, 0.2) is 36.7 Å². The van der Waals surface area contributed by atoms with Gasteiger partial charge in [0, 0.05) is 26.0 Å². The van der Waals surface area contributed by atoms with Gasteiger partial charge in [-0.05, 0) is 11.6 Å². The van der Waals surface area contributed by atoms with Gasteiger partial charge in [-0.2, -0.15) is 0 Å². The number of anilines is 1. The number of aromatic nitrogens is 2. The molecule has 0 saturated heterocycles. The predicted molar refractivity (Wildman–Crippen MR) is 55.7 cm³/mol. The Morgan fingerprint density at radius 2 is 2.14 bits per heavy atom. The molecule has 14 heavy (non-hydrogen) atoms. The number of nitrogens with zero attached hydrogens (tertiary/aromatic N) is 3. The molecule has 0 atom stereocenters. The Kier molecular flexibility index (Phi) is 1.42. The van der Waals surface area contributed by atoms with Gasteiger partial charge in [-0.15, -0.1) is 0 Å². The third-order valence-electron chi connectivity index (χ3n) is 2.62. The molecule has 1 aromatic carbocycles. The zero-order valence-electron chi connectivity index (χ0n) is 8.01. The first-order valence-corrected chi connectivity index (χ1v) is 4.69. The SMILES string of the molecule is CN1Cc2ccccc2-n2ccnc21. The van der Waals surface area contributed by atoms with Gasteiger partial charge in [0.1, 0.15) is 0 Å². The van der Waals surface area contributed by atoms with Gasteiger partial charge in [-0.25, -0.2) is 4.98 Å². The number of rotatable bonds is 0. The van der Waals surface area contributed by atoms with Crippen molar-refractivity contribution in [2.75, 3.05) is 11.9 Å². The van der Waals surface area contributed by atoms with Crippen molar-refractivity contribution in [3.63, 3.8) is 0 Å². The van der Waals surface area contributed by atoms with Crippen LogP contribution >= 0.6 is 0 Å². The van der Waals surface area contributed by atoms with E-state index in [0.717, 1.165) is 12.5 Å². The molecule has 3 nitrogen and oxygen atoms in total. The number of imidazole rings is 1. The monoisotopic (exact) mass is 185 g/mol. The number of benzene rings is 1. The highest BCUT2D eigenvalue weighted by molar-refractivity contribution is 5.53. The van der Waals surface area contributed by atoms with Crippen molar-refractivity contribution in [1.82, 2.24) is 9.55 Å². The molecule has 3 heteroatoms. The fourth-order valence-electron chi connectivity index (χ4n) is 1.97. The predicted octanol–water partition coefficient (Wildman–Crippen LogP) is 1.82. The van der Waals surface area contributed by atoms with E-state index in [-0.39, 0.29) is 0 Å². The van der Waals surface area contributed by atoms with Gasteiger partial charge < -0.3 is 4.90 Å². The Balaban J connectivity index is 2.29. The third-order valence-corrected chi connectivity index (χ3v) is 2.62. The number of fused-ring (bicyclic) bond motifs is 3. The maximum absolute atomic E-state index is 4.33. The molecule has 0 N–H and O–H groups in total. The Morgan fingerprint density at radius 3 is 3.07 bits per heavy atom. The summed E-state index contributed by atoms with van der Waals surface area (Å²) in [4.78, 5) is 6.48. The molecular formula is C11H11N3. The third kappa shape index (κ3) is 0.894. The fraction of sp³-hybridized carbons (Fsp3) is 0.182. The highest BCUT2D eigenvalue weighted by atomic mass is 15.3. The lowest BCUT2D eigenvalue weighted by Crippen LogP contribution is -2.25. The van der Waals surface area contributed by atoms with Crippen LogP contribution in [0, 0.1) is 0 Å². The van der Waals surface area contributed by atoms with Crippen molar-refractivity contribution in [3.05, 3.63) is 42.2 Å². The molecule has 0 radical (unpaired) electrons. The molecule has 0 amide bonds. The summed E-state index contributed by atoms with van der Waals surface area (Å²) in [5.41, 5.74) is 2.60. The van der Waals surface area contributed by atoms with Crippen LogP contribution < -0.4 is 4.90 Å². The molecular weight excluding hydrogens is 174 g/mol. The first kappa shape index (κ1) is 7.62. The van der Waals surface area contributed by atoms with Crippen LogP contribution in [-0.4, -0.2) is 16.6 Å². The van der Waals surface area contributed by atoms with Gasteiger partial charge in [0.05, 0.1) is 5.69 Å². The van der Waals surface area contributed by atoms with Gasteiger partial charge in [0.25, 0.3) is 0 Å². The second-order valence-corrected chi connectivity index (χ2v) is 3.58. The first-order valence-electron chi connectivity index (χ1n) is 4.69. The fourth-order valence-corrected chi connectivity index (χ4v) is 1.97. The van der Waals surface area contributed by atoms with Crippen LogP contribution in [0.3, 0.4) is 0 Å². The molecule has 2 aromatic rings. The molecule has 1 aromatic heterocycles. The van der Waals surface area contributed by atoms with Gasteiger partial charge in [-0.1, -0.05) is 18.2 Å². The minimum atomic E-state index is 0.938. The summed E-state index contributed by atoms with van der Waals surface area (Å²) in [5, 5.41) is 0. The lowest BCUT2D eigenvalue weighted by molar-refractivity contribution is 0.801. The summed E-state index contributed by atoms with van der Waals surface area (Å²) in [6.45, 7) is 0.938. The Bertz CT molecular complexity index is 473. The van der Waals surface area contributed by atoms with E-state index in [9.17, 15) is 0 Å². The molecule has 1 aliphatic heterocycles. The van der Waals surface area contributed by atoms with Crippen LogP contribution in [0.2, 0.25) is 0 Å². The maximum atomic E-state index is 4.33. The molecule has 0 spiro atoms. The van der Waals surface area contributed by atoms with E-state index in [4.69, 9.17) is 0 Å². The van der Waals surface area contributed by atoms with E-state index in [1.54, 1.807) is 0 Å². The zero-order chi connectivity index (χ0) is 9.54. The van der Waals surface area contributed by atoms with E-state index in [0.29, 0.717) is 0 Å². The summed E-state index contributed by atoms with van der Waals surface area (Å²) in [7, 11) is 2.06. The highest BCUT2D eigenvalue weighted by Gasteiger charge is 2.18. The summed E-state index contributed by atoms with van der Waals surface area (Å²) in [6.07, 6.45) is 3.84. The summed E-state index contributed by atoms with van der Waals surface area (Å²) < 4.78 is 2.12. The Hall–Kier alpha value is -1.77. The zero-order valence-corrected chi connectivity index (χ0v) is 8.01. The lowest BCUT2D eigenvalue weighted by atomic mass is 10.1. The van der Waals surface area contributed by atoms with Crippen molar-refractivity contribution in [2.45, 2.75) is 6.54 Å². The van der Waals surface area contributed by atoms with Crippen molar-refractivity contribution >= 4 is 5.95 Å². The molecule has 0 saturated carbocycles. The van der Waals surface area contributed by atoms with E-state index < -0.39 is 0 Å². The second-order valence-electron chi connectivity index (χ2n) is 3.58. The van der Waals surface area contributed by atoms with Gasteiger partial charge in [0.2, 0.25) is 5.95 Å². The topological polar surface area (TPSA) is 21.1 Å². The molecule has 1 aliphatic rings. The van der Waals surface area contributed by atoms with Crippen LogP contribution in [0.4, 0.5) is 5.95 Å². The van der Waals surface area contributed by atoms with E-state index in [1.165, 1.54) is 11.3 Å². The second kappa shape index (κ2) is 2.61. The van der Waals surface area contributed by atoms with Crippen molar-refractivity contribution in [3.8, 4) is 5.69 Å². The number of hydrogen-bond donors (Lipinski definition) is 0. The van der Waals surface area contributed by atoms with E-state index >= 15 is 0 Å². The van der Waals surface area contributed by atoms with Crippen LogP contribution in [0.1, 0.15) is 5.56 Å². The normalized spacial score (nSPS) is 13.6. The molecule has 0 unspecified atom stereocenters. The van der Waals surface area contributed by atoms with Gasteiger partial charge in [0.15, 0.2) is 0 Å². The summed E-state index contributed by atoms with van der Waals surface area (Å²) in [5.74, 6) is 1.02. The minimum absolute atomic E-state index is 0.938. The maximum Gasteiger partial charge on any atom is 0.210 e. The standard InChI is InChI=1S/C11H11N3/c1-13-8-9-4-2-3-5-10(9)14-7-6-12-11(13)14/h2-7H,8H2,1H3. The number of hydrogen-bond acceptors (Lipinski definition) is 2. The van der Waals surface area contributed by atoms with Crippen molar-refractivity contribution < 1.29 is 0 Å². The molecule has 0 fully saturated rings. The van der Waals surface area contributed by atoms with Crippen LogP contribution in [0.25, 0.3) is 5.69 Å². The highest BCUT2D eigenvalue weighted by Crippen LogP contribution is 2.27. The molecule has 0 aliphatic carbocycles. The molecule has 2 heterocycles. The van der Waals surface area contributed by atoms with E-state index in [1.807, 2.05) is 12.4 Å². The largest absolute Gasteiger partial charge is 0.341 e. The van der Waals surface area contributed by atoms with Crippen molar-refractivity contribution in [2.24, 2.45) is 0 Å². The smallest absolute Gasteiger partial charge is 0.210 e. The summed E-state index contributed by atoms with van der Waals surface area (Å²) >= 11 is 0. The average Bonchev–Trinajstić information content (AvgIpc) is 2.67. The van der Waals surface area contributed by atoms with Crippen LogP contribution in [0.5, 0.6) is 0 Å². The van der Waals surface area contributed by atoms with Gasteiger partial charge >= 0.3 is 0 Å². The lowest BCUT2D eigenvalue weighted by Gasteiger charge is -2.27. The quantitative estimate of drug-likeness (QED) is 0.624. The number of para-hydroxylation sites is 1. The molecule has 0 bridgehead atoms. The van der Waals surface area contributed by atoms with Crippen molar-refractivity contribution in [1.29, 1.82) is 0 Å². The summed E-state index contributed by atoms with van der Waals surface area (Å²) in [6, 6.07) is 8.44. The first-order chi connectivity index (χ1) is 6.86. The van der Waals surface area contributed by atoms with Crippen LogP contribution in [-0.2, 0) is 6.54 Å². The van der Waals surface area contributed by atoms with E-state index in [2.05, 4.69) is 45.8 Å². The Labute approximate surface area is 82.6 Å². The average molecular weight is 185 g/mol. The minimum Gasteiger partial charge on any atom is -0.341 e. The van der Waals surface area contributed by atoms with Gasteiger partial charge in [-0.3, -0.25) is 4.57 Å². The molecule has 70 valence electrons.